The van der Waals surface area contributed by atoms with E-state index in [1.165, 1.54) is 13.2 Å². The fourth-order valence-corrected chi connectivity index (χ4v) is 2.83. The standard InChI is InChI=1S/C8H5FI2O2/c1-13-8(12)7-5(9)2-4(10)3-6(7)11/h2-3H,1H3. The molecule has 0 saturated heterocycles. The average molecular weight is 406 g/mol. The predicted molar refractivity (Wildman–Crippen MR) is 63.2 cm³/mol. The summed E-state index contributed by atoms with van der Waals surface area (Å²) in [7, 11) is 1.23. The van der Waals surface area contributed by atoms with Crippen molar-refractivity contribution in [3.63, 3.8) is 0 Å². The largest absolute Gasteiger partial charge is 0.465 e. The summed E-state index contributed by atoms with van der Waals surface area (Å²) >= 11 is 3.89. The second-order valence-corrected chi connectivity index (χ2v) is 4.64. The fourth-order valence-electron chi connectivity index (χ4n) is 0.839. The van der Waals surface area contributed by atoms with Crippen molar-refractivity contribution in [3.8, 4) is 0 Å². The minimum Gasteiger partial charge on any atom is -0.465 e. The molecule has 2 nitrogen and oxygen atoms in total. The molecule has 0 aliphatic carbocycles. The number of methoxy groups -OCH3 is 1. The molecule has 0 heterocycles. The number of hydrogen-bond acceptors (Lipinski definition) is 2. The van der Waals surface area contributed by atoms with E-state index in [1.807, 2.05) is 45.2 Å². The number of carbonyl (C=O) groups excluding carboxylic acids is 1. The molecule has 1 aromatic rings. The zero-order valence-corrected chi connectivity index (χ0v) is 10.9. The molecule has 0 bridgehead atoms. The molecule has 0 spiro atoms. The van der Waals surface area contributed by atoms with Crippen molar-refractivity contribution in [1.29, 1.82) is 0 Å². The lowest BCUT2D eigenvalue weighted by Crippen LogP contribution is -2.07. The Balaban J connectivity index is 3.28. The van der Waals surface area contributed by atoms with Gasteiger partial charge in [0, 0.05) is 7.14 Å². The molecule has 0 radical (unpaired) electrons. The Morgan fingerprint density at radius 3 is 2.54 bits per heavy atom. The van der Waals surface area contributed by atoms with Gasteiger partial charge in [-0.05, 0) is 57.3 Å². The van der Waals surface area contributed by atoms with Crippen LogP contribution < -0.4 is 0 Å². The molecule has 0 unspecified atom stereocenters. The minimum absolute atomic E-state index is 0.00326. The van der Waals surface area contributed by atoms with Gasteiger partial charge in [0.15, 0.2) is 0 Å². The van der Waals surface area contributed by atoms with Crippen LogP contribution in [0, 0.1) is 13.0 Å². The van der Waals surface area contributed by atoms with E-state index < -0.39 is 11.8 Å². The van der Waals surface area contributed by atoms with Gasteiger partial charge in [0.05, 0.1) is 7.11 Å². The Morgan fingerprint density at radius 1 is 1.46 bits per heavy atom. The maximum Gasteiger partial charge on any atom is 0.341 e. The van der Waals surface area contributed by atoms with Gasteiger partial charge in [0.25, 0.3) is 0 Å². The molecular weight excluding hydrogens is 401 g/mol. The maximum atomic E-state index is 13.2. The van der Waals surface area contributed by atoms with Crippen LogP contribution in [-0.2, 0) is 4.74 Å². The summed E-state index contributed by atoms with van der Waals surface area (Å²) in [6.45, 7) is 0. The Labute approximate surface area is 102 Å². The van der Waals surface area contributed by atoms with E-state index in [2.05, 4.69) is 4.74 Å². The summed E-state index contributed by atoms with van der Waals surface area (Å²) in [5.74, 6) is -1.18. The molecule has 0 N–H and O–H groups in total. The quantitative estimate of drug-likeness (QED) is 0.530. The maximum absolute atomic E-state index is 13.2. The van der Waals surface area contributed by atoms with Crippen LogP contribution in [0.2, 0.25) is 0 Å². The van der Waals surface area contributed by atoms with Crippen LogP contribution in [0.4, 0.5) is 4.39 Å². The number of halogens is 3. The Hall–Kier alpha value is 0.0800. The molecule has 5 heteroatoms. The molecule has 13 heavy (non-hydrogen) atoms. The smallest absolute Gasteiger partial charge is 0.341 e. The summed E-state index contributed by atoms with van der Waals surface area (Å²) in [6.07, 6.45) is 0. The van der Waals surface area contributed by atoms with Crippen molar-refractivity contribution in [1.82, 2.24) is 0 Å². The van der Waals surface area contributed by atoms with Gasteiger partial charge in [-0.1, -0.05) is 0 Å². The van der Waals surface area contributed by atoms with E-state index in [0.29, 0.717) is 3.57 Å². The molecule has 0 saturated carbocycles. The van der Waals surface area contributed by atoms with Gasteiger partial charge >= 0.3 is 5.97 Å². The number of hydrogen-bond donors (Lipinski definition) is 0. The van der Waals surface area contributed by atoms with Gasteiger partial charge in [-0.25, -0.2) is 9.18 Å². The summed E-state index contributed by atoms with van der Waals surface area (Å²) in [6, 6.07) is 3.02. The first-order valence-corrected chi connectivity index (χ1v) is 5.45. The zero-order chi connectivity index (χ0) is 10.0. The first kappa shape index (κ1) is 11.2. The van der Waals surface area contributed by atoms with Crippen LogP contribution in [0.3, 0.4) is 0 Å². The fraction of sp³-hybridized carbons (Fsp3) is 0.125. The molecule has 0 atom stereocenters. The number of benzene rings is 1. The lowest BCUT2D eigenvalue weighted by molar-refractivity contribution is 0.0594. The van der Waals surface area contributed by atoms with Gasteiger partial charge in [-0.2, -0.15) is 0 Å². The third-order valence-electron chi connectivity index (χ3n) is 1.40. The normalized spacial score (nSPS) is 9.85. The van der Waals surface area contributed by atoms with E-state index in [9.17, 15) is 9.18 Å². The lowest BCUT2D eigenvalue weighted by Gasteiger charge is -2.04. The molecule has 0 aromatic heterocycles. The Bertz CT molecular complexity index is 329. The highest BCUT2D eigenvalue weighted by Crippen LogP contribution is 2.20. The zero-order valence-electron chi connectivity index (χ0n) is 6.61. The SMILES string of the molecule is COC(=O)c1c(F)cc(I)cc1I. The van der Waals surface area contributed by atoms with E-state index in [4.69, 9.17) is 0 Å². The van der Waals surface area contributed by atoms with Crippen molar-refractivity contribution in [2.24, 2.45) is 0 Å². The highest BCUT2D eigenvalue weighted by molar-refractivity contribution is 14.1. The van der Waals surface area contributed by atoms with Crippen LogP contribution in [0.15, 0.2) is 12.1 Å². The van der Waals surface area contributed by atoms with Crippen LogP contribution >= 0.6 is 45.2 Å². The number of esters is 1. The highest BCUT2D eigenvalue weighted by Gasteiger charge is 2.16. The molecule has 1 rings (SSSR count). The third-order valence-corrected chi connectivity index (χ3v) is 2.87. The topological polar surface area (TPSA) is 26.3 Å². The van der Waals surface area contributed by atoms with Gasteiger partial charge in [0.1, 0.15) is 11.4 Å². The Morgan fingerprint density at radius 2 is 2.08 bits per heavy atom. The predicted octanol–water partition coefficient (Wildman–Crippen LogP) is 2.82. The average Bonchev–Trinajstić information content (AvgIpc) is 2.02. The molecule has 0 fully saturated rings. The molecule has 0 amide bonds. The molecule has 1 aromatic carbocycles. The number of ether oxygens (including phenoxy) is 1. The van der Waals surface area contributed by atoms with Gasteiger partial charge in [0.2, 0.25) is 0 Å². The van der Waals surface area contributed by atoms with Gasteiger partial charge in [-0.15, -0.1) is 0 Å². The Kier molecular flexibility index (Phi) is 3.89. The first-order chi connectivity index (χ1) is 6.06. The van der Waals surface area contributed by atoms with E-state index >= 15 is 0 Å². The number of rotatable bonds is 1. The van der Waals surface area contributed by atoms with Crippen molar-refractivity contribution >= 4 is 51.2 Å². The van der Waals surface area contributed by atoms with Crippen LogP contribution in [0.5, 0.6) is 0 Å². The van der Waals surface area contributed by atoms with Crippen molar-refractivity contribution in [2.75, 3.05) is 7.11 Å². The highest BCUT2D eigenvalue weighted by atomic mass is 127. The summed E-state index contributed by atoms with van der Waals surface area (Å²) in [5, 5.41) is 0. The van der Waals surface area contributed by atoms with Crippen molar-refractivity contribution in [3.05, 3.63) is 30.7 Å². The molecule has 0 aliphatic rings. The van der Waals surface area contributed by atoms with Crippen LogP contribution in [-0.4, -0.2) is 13.1 Å². The van der Waals surface area contributed by atoms with Gasteiger partial charge in [-0.3, -0.25) is 0 Å². The van der Waals surface area contributed by atoms with E-state index in [1.54, 1.807) is 6.07 Å². The third kappa shape index (κ3) is 2.52. The molecule has 70 valence electrons. The summed E-state index contributed by atoms with van der Waals surface area (Å²) in [5.41, 5.74) is 0.00326. The summed E-state index contributed by atoms with van der Waals surface area (Å²) in [4.78, 5) is 11.1. The van der Waals surface area contributed by atoms with Crippen molar-refractivity contribution in [2.45, 2.75) is 0 Å². The number of carbonyl (C=O) groups is 1. The van der Waals surface area contributed by atoms with E-state index in [0.717, 1.165) is 3.57 Å². The molecule has 0 aliphatic heterocycles. The minimum atomic E-state index is -0.640. The second-order valence-electron chi connectivity index (χ2n) is 2.24. The van der Waals surface area contributed by atoms with Crippen LogP contribution in [0.25, 0.3) is 0 Å². The monoisotopic (exact) mass is 406 g/mol. The summed E-state index contributed by atoms with van der Waals surface area (Å²) < 4.78 is 19.0. The molecular formula is C8H5FI2O2. The lowest BCUT2D eigenvalue weighted by atomic mass is 10.2. The van der Waals surface area contributed by atoms with Gasteiger partial charge < -0.3 is 4.74 Å². The van der Waals surface area contributed by atoms with Crippen LogP contribution in [0.1, 0.15) is 10.4 Å². The second kappa shape index (κ2) is 4.54. The van der Waals surface area contributed by atoms with E-state index in [-0.39, 0.29) is 5.56 Å². The van der Waals surface area contributed by atoms with Crippen molar-refractivity contribution < 1.29 is 13.9 Å². The first-order valence-electron chi connectivity index (χ1n) is 3.29.